The van der Waals surface area contributed by atoms with E-state index in [0.717, 1.165) is 18.2 Å². The van der Waals surface area contributed by atoms with Gasteiger partial charge >= 0.3 is 11.9 Å². The molecule has 0 spiro atoms. The number of hydrogen-bond donors (Lipinski definition) is 1. The zero-order valence-corrected chi connectivity index (χ0v) is 11.9. The molecule has 22 heavy (non-hydrogen) atoms. The van der Waals surface area contributed by atoms with E-state index >= 15 is 0 Å². The van der Waals surface area contributed by atoms with Crippen molar-refractivity contribution < 1.29 is 13.2 Å². The van der Waals surface area contributed by atoms with E-state index in [1.807, 2.05) is 4.90 Å². The Labute approximate surface area is 124 Å². The number of hydrogen-bond acceptors (Lipinski definition) is 3. The lowest BCUT2D eigenvalue weighted by Gasteiger charge is -2.28. The Kier molecular flexibility index (Phi) is 3.56. The van der Waals surface area contributed by atoms with E-state index in [9.17, 15) is 18.0 Å². The van der Waals surface area contributed by atoms with Crippen molar-refractivity contribution in [1.82, 2.24) is 19.7 Å². The molecule has 0 atom stereocenters. The third-order valence-electron chi connectivity index (χ3n) is 3.81. The molecule has 2 aromatic rings. The number of nitrogens with one attached hydrogen (secondary N) is 1. The van der Waals surface area contributed by atoms with Crippen LogP contribution in [0.4, 0.5) is 13.2 Å². The average molecular weight is 312 g/mol. The van der Waals surface area contributed by atoms with E-state index in [-0.39, 0.29) is 5.69 Å². The van der Waals surface area contributed by atoms with Crippen molar-refractivity contribution in [3.8, 4) is 0 Å². The first kappa shape index (κ1) is 14.8. The minimum atomic E-state index is -4.33. The smallest absolute Gasteiger partial charge is 0.292 e. The molecule has 0 unspecified atom stereocenters. The molecule has 0 fully saturated rings. The topological polar surface area (TPSA) is 53.9 Å². The van der Waals surface area contributed by atoms with Crippen molar-refractivity contribution in [2.45, 2.75) is 25.7 Å². The number of fused-ring (bicyclic) bond motifs is 1. The number of H-pyrrole nitrogens is 1. The first-order valence-corrected chi connectivity index (χ1v) is 6.86. The number of alkyl halides is 3. The zero-order valence-electron chi connectivity index (χ0n) is 11.9. The highest BCUT2D eigenvalue weighted by Gasteiger charge is 2.31. The van der Waals surface area contributed by atoms with Gasteiger partial charge in [0, 0.05) is 20.1 Å². The molecule has 1 aromatic carbocycles. The molecule has 3 rings (SSSR count). The van der Waals surface area contributed by atoms with Gasteiger partial charge in [0.1, 0.15) is 5.82 Å². The Bertz CT molecular complexity index is 747. The summed E-state index contributed by atoms with van der Waals surface area (Å²) in [4.78, 5) is 15.9. The number of nitrogens with zero attached hydrogens (tertiary/aromatic N) is 3. The molecule has 8 heteroatoms. The summed E-state index contributed by atoms with van der Waals surface area (Å²) < 4.78 is 39.6. The van der Waals surface area contributed by atoms with Gasteiger partial charge in [-0.25, -0.2) is 9.48 Å². The highest BCUT2D eigenvalue weighted by Crippen LogP contribution is 2.32. The highest BCUT2D eigenvalue weighted by atomic mass is 19.4. The van der Waals surface area contributed by atoms with Crippen LogP contribution in [0.3, 0.4) is 0 Å². The van der Waals surface area contributed by atoms with Crippen LogP contribution in [0.15, 0.2) is 23.0 Å². The number of halogens is 3. The van der Waals surface area contributed by atoms with Crippen molar-refractivity contribution in [3.05, 3.63) is 51.2 Å². The number of aromatic nitrogens is 3. The van der Waals surface area contributed by atoms with E-state index in [0.29, 0.717) is 30.9 Å². The van der Waals surface area contributed by atoms with Crippen LogP contribution in [0.2, 0.25) is 0 Å². The van der Waals surface area contributed by atoms with Gasteiger partial charge < -0.3 is 0 Å². The average Bonchev–Trinajstić information content (AvgIpc) is 2.75. The first-order chi connectivity index (χ1) is 10.3. The SMILES string of the molecule is Cn1nc(CN2CCc3ccc(C(F)(F)F)cc3C2)[nH]c1=O. The van der Waals surface area contributed by atoms with Gasteiger partial charge in [-0.3, -0.25) is 9.88 Å². The van der Waals surface area contributed by atoms with E-state index in [1.54, 1.807) is 13.1 Å². The zero-order chi connectivity index (χ0) is 15.9. The van der Waals surface area contributed by atoms with Crippen LogP contribution in [0, 0.1) is 0 Å². The molecular weight excluding hydrogens is 297 g/mol. The fraction of sp³-hybridized carbons (Fsp3) is 0.429. The molecule has 1 aliphatic rings. The van der Waals surface area contributed by atoms with Gasteiger partial charge in [-0.15, -0.1) is 0 Å². The Balaban J connectivity index is 1.79. The van der Waals surface area contributed by atoms with Crippen molar-refractivity contribution in [2.75, 3.05) is 6.54 Å². The molecule has 118 valence electrons. The van der Waals surface area contributed by atoms with Gasteiger partial charge in [0.25, 0.3) is 0 Å². The predicted molar refractivity (Wildman–Crippen MR) is 73.1 cm³/mol. The first-order valence-electron chi connectivity index (χ1n) is 6.86. The predicted octanol–water partition coefficient (Wildman–Crippen LogP) is 1.69. The lowest BCUT2D eigenvalue weighted by molar-refractivity contribution is -0.137. The molecule has 0 saturated carbocycles. The van der Waals surface area contributed by atoms with Crippen molar-refractivity contribution in [3.63, 3.8) is 0 Å². The van der Waals surface area contributed by atoms with Gasteiger partial charge in [0.15, 0.2) is 0 Å². The van der Waals surface area contributed by atoms with Crippen LogP contribution in [0.25, 0.3) is 0 Å². The molecule has 0 aliphatic carbocycles. The molecule has 5 nitrogen and oxygen atoms in total. The summed E-state index contributed by atoms with van der Waals surface area (Å²) in [5.41, 5.74) is 0.698. The van der Waals surface area contributed by atoms with Crippen LogP contribution in [-0.2, 0) is 32.7 Å². The third kappa shape index (κ3) is 2.92. The van der Waals surface area contributed by atoms with Crippen molar-refractivity contribution in [2.24, 2.45) is 7.05 Å². The summed E-state index contributed by atoms with van der Waals surface area (Å²) in [6.45, 7) is 1.54. The molecule has 0 amide bonds. The minimum Gasteiger partial charge on any atom is -0.292 e. The van der Waals surface area contributed by atoms with Crippen LogP contribution in [-0.4, -0.2) is 26.2 Å². The molecule has 1 aliphatic heterocycles. The maximum atomic E-state index is 12.8. The lowest BCUT2D eigenvalue weighted by Crippen LogP contribution is -2.30. The third-order valence-corrected chi connectivity index (χ3v) is 3.81. The number of aryl methyl sites for hydroxylation is 1. The quantitative estimate of drug-likeness (QED) is 0.918. The van der Waals surface area contributed by atoms with Crippen molar-refractivity contribution >= 4 is 0 Å². The second-order valence-corrected chi connectivity index (χ2v) is 5.44. The number of benzene rings is 1. The standard InChI is InChI=1S/C14H15F3N4O/c1-20-13(22)18-12(19-20)8-21-5-4-9-2-3-11(14(15,16)17)6-10(9)7-21/h2-3,6H,4-5,7-8H2,1H3,(H,18,19,22). The monoisotopic (exact) mass is 312 g/mol. The molecular formula is C14H15F3N4O. The normalized spacial score (nSPS) is 15.8. The van der Waals surface area contributed by atoms with E-state index in [1.165, 1.54) is 10.7 Å². The van der Waals surface area contributed by atoms with E-state index < -0.39 is 11.7 Å². The fourth-order valence-corrected chi connectivity index (χ4v) is 2.67. The minimum absolute atomic E-state index is 0.299. The fourth-order valence-electron chi connectivity index (χ4n) is 2.67. The Morgan fingerprint density at radius 2 is 2.09 bits per heavy atom. The Morgan fingerprint density at radius 1 is 1.32 bits per heavy atom. The van der Waals surface area contributed by atoms with Crippen molar-refractivity contribution in [1.29, 1.82) is 0 Å². The van der Waals surface area contributed by atoms with Crippen LogP contribution >= 0.6 is 0 Å². The van der Waals surface area contributed by atoms with Gasteiger partial charge in [-0.2, -0.15) is 18.3 Å². The highest BCUT2D eigenvalue weighted by molar-refractivity contribution is 5.35. The van der Waals surface area contributed by atoms with Gasteiger partial charge in [-0.05, 0) is 29.7 Å². The Hall–Kier alpha value is -2.09. The second kappa shape index (κ2) is 5.28. The summed E-state index contributed by atoms with van der Waals surface area (Å²) in [5.74, 6) is 0.517. The molecule has 1 aromatic heterocycles. The van der Waals surface area contributed by atoms with Crippen LogP contribution in [0.1, 0.15) is 22.5 Å². The van der Waals surface area contributed by atoms with Crippen LogP contribution < -0.4 is 5.69 Å². The van der Waals surface area contributed by atoms with Crippen LogP contribution in [0.5, 0.6) is 0 Å². The van der Waals surface area contributed by atoms with Gasteiger partial charge in [0.05, 0.1) is 12.1 Å². The number of rotatable bonds is 2. The summed E-state index contributed by atoms with van der Waals surface area (Å²) in [6.07, 6.45) is -3.64. The maximum absolute atomic E-state index is 12.8. The summed E-state index contributed by atoms with van der Waals surface area (Å²) in [5, 5.41) is 4.04. The number of aromatic amines is 1. The molecule has 0 saturated heterocycles. The van der Waals surface area contributed by atoms with E-state index in [4.69, 9.17) is 0 Å². The lowest BCUT2D eigenvalue weighted by atomic mass is 9.97. The second-order valence-electron chi connectivity index (χ2n) is 5.44. The maximum Gasteiger partial charge on any atom is 0.416 e. The summed E-state index contributed by atoms with van der Waals surface area (Å²) in [6, 6.07) is 3.89. The van der Waals surface area contributed by atoms with Gasteiger partial charge in [-0.1, -0.05) is 6.07 Å². The molecule has 0 bridgehead atoms. The summed E-state index contributed by atoms with van der Waals surface area (Å²) in [7, 11) is 1.55. The van der Waals surface area contributed by atoms with E-state index in [2.05, 4.69) is 10.1 Å². The van der Waals surface area contributed by atoms with Gasteiger partial charge in [0.2, 0.25) is 0 Å². The largest absolute Gasteiger partial charge is 0.416 e. The molecule has 2 heterocycles. The molecule has 1 N–H and O–H groups in total. The molecule has 0 radical (unpaired) electrons. The Morgan fingerprint density at radius 3 is 2.73 bits per heavy atom. The summed E-state index contributed by atoms with van der Waals surface area (Å²) >= 11 is 0.